The van der Waals surface area contributed by atoms with E-state index in [0.29, 0.717) is 55.6 Å². The monoisotopic (exact) mass is 515 g/mol. The zero-order chi connectivity index (χ0) is 24.8. The standard InChI is InChI=1S/C26H30ClN3O4S/c1-18(25(31)29-10-12-30(13-11-29)26(32)28-2)20-8-9-23(22(27)15-20)35-24-17-33-16-21(34-24)14-19-6-4-3-5-7-19/h3-9,15,21,24H,1,10-14,16-17H2,2H3,(H,28,32). The van der Waals surface area contributed by atoms with Crippen molar-refractivity contribution in [3.05, 3.63) is 71.3 Å². The maximum absolute atomic E-state index is 13.0. The van der Waals surface area contributed by atoms with E-state index in [1.165, 1.54) is 17.3 Å². The maximum atomic E-state index is 13.0. The first-order chi connectivity index (χ1) is 16.9. The lowest BCUT2D eigenvalue weighted by Gasteiger charge is -2.34. The highest BCUT2D eigenvalue weighted by Gasteiger charge is 2.27. The van der Waals surface area contributed by atoms with Gasteiger partial charge in [-0.05, 0) is 23.3 Å². The van der Waals surface area contributed by atoms with Crippen LogP contribution in [0.15, 0.2) is 60.0 Å². The van der Waals surface area contributed by atoms with Crippen LogP contribution in [-0.4, -0.2) is 79.7 Å². The van der Waals surface area contributed by atoms with Crippen molar-refractivity contribution in [2.45, 2.75) is 22.9 Å². The maximum Gasteiger partial charge on any atom is 0.317 e. The lowest BCUT2D eigenvalue weighted by Crippen LogP contribution is -2.52. The Kier molecular flexibility index (Phi) is 8.73. The van der Waals surface area contributed by atoms with Crippen molar-refractivity contribution in [2.75, 3.05) is 46.4 Å². The highest BCUT2D eigenvalue weighted by atomic mass is 35.5. The number of carbonyl (C=O) groups excluding carboxylic acids is 2. The number of carbonyl (C=O) groups is 2. The zero-order valence-corrected chi connectivity index (χ0v) is 21.3. The Morgan fingerprint density at radius 1 is 1.09 bits per heavy atom. The van der Waals surface area contributed by atoms with Crippen molar-refractivity contribution < 1.29 is 19.1 Å². The van der Waals surface area contributed by atoms with Crippen molar-refractivity contribution in [3.63, 3.8) is 0 Å². The molecule has 1 N–H and O–H groups in total. The number of nitrogens with one attached hydrogen (secondary N) is 1. The summed E-state index contributed by atoms with van der Waals surface area (Å²) < 4.78 is 12.0. The molecule has 7 nitrogen and oxygen atoms in total. The van der Waals surface area contributed by atoms with Crippen molar-refractivity contribution in [1.29, 1.82) is 0 Å². The third kappa shape index (κ3) is 6.58. The number of benzene rings is 2. The Bertz CT molecular complexity index is 1060. The van der Waals surface area contributed by atoms with Gasteiger partial charge < -0.3 is 24.6 Å². The molecule has 2 unspecified atom stereocenters. The van der Waals surface area contributed by atoms with Gasteiger partial charge in [-0.15, -0.1) is 0 Å². The van der Waals surface area contributed by atoms with Crippen LogP contribution in [0.2, 0.25) is 5.02 Å². The Hall–Kier alpha value is -2.52. The molecule has 0 saturated carbocycles. The second-order valence-corrected chi connectivity index (χ2v) is 10.1. The summed E-state index contributed by atoms with van der Waals surface area (Å²) in [7, 11) is 1.60. The number of ether oxygens (including phenoxy) is 2. The molecular formula is C26H30ClN3O4S. The molecule has 3 amide bonds. The van der Waals surface area contributed by atoms with E-state index in [9.17, 15) is 9.59 Å². The predicted octanol–water partition coefficient (Wildman–Crippen LogP) is 3.91. The molecular weight excluding hydrogens is 486 g/mol. The molecule has 2 aromatic rings. The van der Waals surface area contributed by atoms with E-state index in [1.54, 1.807) is 22.9 Å². The van der Waals surface area contributed by atoms with Crippen LogP contribution in [0.5, 0.6) is 0 Å². The summed E-state index contributed by atoms with van der Waals surface area (Å²) in [5.41, 5.74) is 2.12. The van der Waals surface area contributed by atoms with E-state index in [4.69, 9.17) is 21.1 Å². The van der Waals surface area contributed by atoms with Crippen LogP contribution in [0.4, 0.5) is 4.79 Å². The van der Waals surface area contributed by atoms with Crippen LogP contribution in [0.25, 0.3) is 5.57 Å². The minimum atomic E-state index is -0.165. The van der Waals surface area contributed by atoms with E-state index in [0.717, 1.165) is 11.3 Å². The molecule has 0 aromatic heterocycles. The van der Waals surface area contributed by atoms with Gasteiger partial charge in [0.1, 0.15) is 5.44 Å². The Morgan fingerprint density at radius 3 is 2.49 bits per heavy atom. The molecule has 2 saturated heterocycles. The molecule has 35 heavy (non-hydrogen) atoms. The Labute approximate surface area is 215 Å². The number of hydrogen-bond donors (Lipinski definition) is 1. The van der Waals surface area contributed by atoms with E-state index in [2.05, 4.69) is 24.0 Å². The van der Waals surface area contributed by atoms with Crippen LogP contribution < -0.4 is 5.32 Å². The third-order valence-corrected chi connectivity index (χ3v) is 7.62. The van der Waals surface area contributed by atoms with Crippen molar-refractivity contribution in [3.8, 4) is 0 Å². The number of thioether (sulfide) groups is 1. The van der Waals surface area contributed by atoms with Gasteiger partial charge in [-0.2, -0.15) is 0 Å². The summed E-state index contributed by atoms with van der Waals surface area (Å²) in [6.07, 6.45) is 0.784. The molecule has 2 aliphatic rings. The highest BCUT2D eigenvalue weighted by molar-refractivity contribution is 8.00. The van der Waals surface area contributed by atoms with Gasteiger partial charge in [0.2, 0.25) is 0 Å². The largest absolute Gasteiger partial charge is 0.375 e. The van der Waals surface area contributed by atoms with E-state index < -0.39 is 0 Å². The molecule has 0 radical (unpaired) electrons. The van der Waals surface area contributed by atoms with Crippen LogP contribution in [0.1, 0.15) is 11.1 Å². The normalized spacial score (nSPS) is 20.4. The number of amides is 3. The fourth-order valence-corrected chi connectivity index (χ4v) is 5.44. The molecule has 2 fully saturated rings. The number of piperazine rings is 1. The van der Waals surface area contributed by atoms with Gasteiger partial charge in [0.05, 0.1) is 24.3 Å². The van der Waals surface area contributed by atoms with Gasteiger partial charge in [0.25, 0.3) is 5.91 Å². The summed E-state index contributed by atoms with van der Waals surface area (Å²) in [5, 5.41) is 3.16. The first-order valence-corrected chi connectivity index (χ1v) is 12.9. The summed E-state index contributed by atoms with van der Waals surface area (Å²) in [4.78, 5) is 29.0. The summed E-state index contributed by atoms with van der Waals surface area (Å²) in [5.74, 6) is -0.147. The average Bonchev–Trinajstić information content (AvgIpc) is 2.89. The van der Waals surface area contributed by atoms with Gasteiger partial charge >= 0.3 is 6.03 Å². The quantitative estimate of drug-likeness (QED) is 0.591. The van der Waals surface area contributed by atoms with Gasteiger partial charge in [0, 0.05) is 50.1 Å². The van der Waals surface area contributed by atoms with Crippen molar-refractivity contribution >= 4 is 40.9 Å². The number of urea groups is 1. The van der Waals surface area contributed by atoms with Crippen LogP contribution in [0.3, 0.4) is 0 Å². The fraction of sp³-hybridized carbons (Fsp3) is 0.385. The molecule has 9 heteroatoms. The third-order valence-electron chi connectivity index (χ3n) is 6.07. The molecule has 0 aliphatic carbocycles. The van der Waals surface area contributed by atoms with Crippen LogP contribution >= 0.6 is 23.4 Å². The molecule has 186 valence electrons. The number of halogens is 1. The fourth-order valence-electron chi connectivity index (χ4n) is 4.15. The predicted molar refractivity (Wildman–Crippen MR) is 139 cm³/mol. The second-order valence-electron chi connectivity index (χ2n) is 8.49. The summed E-state index contributed by atoms with van der Waals surface area (Å²) in [6, 6.07) is 15.6. The molecule has 0 spiro atoms. The molecule has 2 aromatic carbocycles. The van der Waals surface area contributed by atoms with E-state index in [-0.39, 0.29) is 23.5 Å². The lowest BCUT2D eigenvalue weighted by molar-refractivity contribution is -0.126. The van der Waals surface area contributed by atoms with Gasteiger partial charge in [-0.3, -0.25) is 4.79 Å². The SMILES string of the molecule is C=C(C(=O)N1CCN(C(=O)NC)CC1)c1ccc(SC2COCC(Cc3ccccc3)O2)c(Cl)c1. The second kappa shape index (κ2) is 11.9. The smallest absolute Gasteiger partial charge is 0.317 e. The molecule has 2 heterocycles. The molecule has 0 bridgehead atoms. The average molecular weight is 516 g/mol. The van der Waals surface area contributed by atoms with Crippen molar-refractivity contribution in [2.24, 2.45) is 0 Å². The minimum absolute atomic E-state index is 0.0111. The van der Waals surface area contributed by atoms with Gasteiger partial charge in [0.15, 0.2) is 0 Å². The first-order valence-electron chi connectivity index (χ1n) is 11.6. The van der Waals surface area contributed by atoms with Crippen LogP contribution in [0, 0.1) is 0 Å². The van der Waals surface area contributed by atoms with Crippen LogP contribution in [-0.2, 0) is 20.7 Å². The van der Waals surface area contributed by atoms with E-state index >= 15 is 0 Å². The summed E-state index contributed by atoms with van der Waals surface area (Å²) in [6.45, 7) is 6.98. The van der Waals surface area contributed by atoms with E-state index in [1.807, 2.05) is 30.3 Å². The zero-order valence-electron chi connectivity index (χ0n) is 19.7. The molecule has 2 aliphatic heterocycles. The summed E-state index contributed by atoms with van der Waals surface area (Å²) >= 11 is 8.10. The van der Waals surface area contributed by atoms with Crippen molar-refractivity contribution in [1.82, 2.24) is 15.1 Å². The topological polar surface area (TPSA) is 71.1 Å². The lowest BCUT2D eigenvalue weighted by atomic mass is 10.1. The number of nitrogens with zero attached hydrogens (tertiary/aromatic N) is 2. The minimum Gasteiger partial charge on any atom is -0.375 e. The highest BCUT2D eigenvalue weighted by Crippen LogP contribution is 2.35. The number of rotatable bonds is 6. The molecule has 4 rings (SSSR count). The first kappa shape index (κ1) is 25.6. The van der Waals surface area contributed by atoms with Gasteiger partial charge in [-0.1, -0.05) is 66.3 Å². The molecule has 2 atom stereocenters. The number of hydrogen-bond acceptors (Lipinski definition) is 5. The van der Waals surface area contributed by atoms with Gasteiger partial charge in [-0.25, -0.2) is 4.79 Å². The Balaban J connectivity index is 1.33. The Morgan fingerprint density at radius 2 is 1.80 bits per heavy atom.